The van der Waals surface area contributed by atoms with E-state index in [2.05, 4.69) is 43.9 Å². The summed E-state index contributed by atoms with van der Waals surface area (Å²) in [7, 11) is 0. The van der Waals surface area contributed by atoms with Gasteiger partial charge in [0.1, 0.15) is 5.78 Å². The lowest BCUT2D eigenvalue weighted by molar-refractivity contribution is -0.126. The minimum absolute atomic E-state index is 0.0247. The van der Waals surface area contributed by atoms with Gasteiger partial charge in [0, 0.05) is 41.7 Å². The van der Waals surface area contributed by atoms with Gasteiger partial charge in [0.2, 0.25) is 0 Å². The van der Waals surface area contributed by atoms with Gasteiger partial charge >= 0.3 is 0 Å². The predicted molar refractivity (Wildman–Crippen MR) is 84.8 cm³/mol. The molecule has 1 heterocycles. The van der Waals surface area contributed by atoms with Crippen LogP contribution in [0.1, 0.15) is 54.4 Å². The molecule has 1 saturated heterocycles. The molecule has 0 unspecified atom stereocenters. The number of carbonyl (C=O) groups is 1. The second-order valence-electron chi connectivity index (χ2n) is 7.71. The summed E-state index contributed by atoms with van der Waals surface area (Å²) in [5.74, 6) is 0.232. The van der Waals surface area contributed by atoms with Crippen molar-refractivity contribution >= 4 is 5.78 Å². The van der Waals surface area contributed by atoms with Crippen molar-refractivity contribution < 1.29 is 4.79 Å². The molecular weight excluding hydrogens is 248 g/mol. The number of ketones is 1. The molecule has 1 aliphatic heterocycles. The fraction of sp³-hybridized carbons (Fsp3) is 0.706. The number of Topliss-reactive ketones (excluding diaryl/α,β-unsaturated/α-hetero) is 1. The van der Waals surface area contributed by atoms with Gasteiger partial charge in [-0.15, -0.1) is 0 Å². The number of hydrogen-bond acceptors (Lipinski definition) is 3. The summed E-state index contributed by atoms with van der Waals surface area (Å²) in [5.41, 5.74) is 1.68. The Balaban J connectivity index is 2.78. The van der Waals surface area contributed by atoms with Crippen LogP contribution in [-0.2, 0) is 4.79 Å². The van der Waals surface area contributed by atoms with Gasteiger partial charge < -0.3 is 0 Å². The smallest absolute Gasteiger partial charge is 0.144 e. The fourth-order valence-corrected chi connectivity index (χ4v) is 2.15. The molecule has 114 valence electrons. The normalized spacial score (nSPS) is 16.5. The monoisotopic (exact) mass is 278 g/mol. The summed E-state index contributed by atoms with van der Waals surface area (Å²) >= 11 is 0. The van der Waals surface area contributed by atoms with Crippen molar-refractivity contribution in [2.45, 2.75) is 54.4 Å². The molecule has 0 saturated carbocycles. The van der Waals surface area contributed by atoms with Crippen LogP contribution in [0.15, 0.2) is 24.6 Å². The Hall–Kier alpha value is -1.25. The summed E-state index contributed by atoms with van der Waals surface area (Å²) in [6.45, 7) is 22.6. The second kappa shape index (κ2) is 5.63. The van der Waals surface area contributed by atoms with Gasteiger partial charge in [0.05, 0.1) is 0 Å². The molecule has 0 N–H and O–H groups in total. The number of nitrogens with zero attached hydrogens (tertiary/aromatic N) is 2. The van der Waals surface area contributed by atoms with E-state index in [-0.39, 0.29) is 16.6 Å². The quantitative estimate of drug-likeness (QED) is 0.777. The average Bonchev–Trinajstić information content (AvgIpc) is 2.73. The van der Waals surface area contributed by atoms with Crippen LogP contribution in [0.4, 0.5) is 0 Å². The SMILES string of the molecule is C=C(CC(=O)C(C)(C)C)N1CCCN1C(=C)C(C)(C)C. The molecule has 0 atom stereocenters. The Labute approximate surface area is 124 Å². The highest BCUT2D eigenvalue weighted by atomic mass is 16.1. The number of hydrogen-bond donors (Lipinski definition) is 0. The van der Waals surface area contributed by atoms with Crippen LogP contribution in [0.5, 0.6) is 0 Å². The van der Waals surface area contributed by atoms with Gasteiger partial charge in [-0.25, -0.2) is 0 Å². The van der Waals surface area contributed by atoms with E-state index in [1.807, 2.05) is 20.8 Å². The lowest BCUT2D eigenvalue weighted by Crippen LogP contribution is -2.39. The minimum Gasteiger partial charge on any atom is -0.299 e. The molecule has 0 bridgehead atoms. The van der Waals surface area contributed by atoms with E-state index in [9.17, 15) is 4.79 Å². The highest BCUT2D eigenvalue weighted by Crippen LogP contribution is 2.33. The Kier molecular flexibility index (Phi) is 4.73. The maximum atomic E-state index is 12.2. The van der Waals surface area contributed by atoms with Gasteiger partial charge in [-0.1, -0.05) is 54.7 Å². The first-order valence-corrected chi connectivity index (χ1v) is 7.40. The van der Waals surface area contributed by atoms with Crippen LogP contribution in [0.3, 0.4) is 0 Å². The van der Waals surface area contributed by atoms with E-state index in [1.54, 1.807) is 0 Å². The van der Waals surface area contributed by atoms with Crippen LogP contribution >= 0.6 is 0 Å². The van der Waals surface area contributed by atoms with Crippen molar-refractivity contribution in [3.05, 3.63) is 24.6 Å². The van der Waals surface area contributed by atoms with E-state index in [4.69, 9.17) is 0 Å². The topological polar surface area (TPSA) is 23.6 Å². The third-order valence-corrected chi connectivity index (χ3v) is 3.77. The van der Waals surface area contributed by atoms with E-state index >= 15 is 0 Å². The first-order valence-electron chi connectivity index (χ1n) is 7.40. The highest BCUT2D eigenvalue weighted by molar-refractivity contribution is 5.85. The van der Waals surface area contributed by atoms with E-state index in [1.165, 1.54) is 0 Å². The van der Waals surface area contributed by atoms with Gasteiger partial charge in [-0.3, -0.25) is 14.8 Å². The Bertz CT molecular complexity index is 410. The van der Waals surface area contributed by atoms with Crippen molar-refractivity contribution in [3.8, 4) is 0 Å². The largest absolute Gasteiger partial charge is 0.299 e. The van der Waals surface area contributed by atoms with Crippen LogP contribution < -0.4 is 0 Å². The molecule has 1 aliphatic rings. The summed E-state index contributed by atoms with van der Waals surface area (Å²) in [4.78, 5) is 12.2. The third kappa shape index (κ3) is 3.87. The second-order valence-corrected chi connectivity index (χ2v) is 7.71. The van der Waals surface area contributed by atoms with Crippen molar-refractivity contribution in [2.75, 3.05) is 13.1 Å². The molecular formula is C17H30N2O. The summed E-state index contributed by atoms with van der Waals surface area (Å²) < 4.78 is 0. The van der Waals surface area contributed by atoms with Crippen molar-refractivity contribution in [2.24, 2.45) is 10.8 Å². The molecule has 0 aliphatic carbocycles. The summed E-state index contributed by atoms with van der Waals surface area (Å²) in [6.07, 6.45) is 1.50. The number of allylic oxidation sites excluding steroid dienone is 2. The van der Waals surface area contributed by atoms with Crippen molar-refractivity contribution in [1.82, 2.24) is 10.0 Å². The third-order valence-electron chi connectivity index (χ3n) is 3.77. The standard InChI is InChI=1S/C17H30N2O/c1-13(12-15(20)17(6,7)8)18-10-9-11-19(18)14(2)16(3,4)5/h1-2,9-12H2,3-8H3. The zero-order valence-electron chi connectivity index (χ0n) is 14.0. The molecule has 1 fully saturated rings. The molecule has 3 nitrogen and oxygen atoms in total. The number of hydrazine groups is 1. The van der Waals surface area contributed by atoms with Crippen molar-refractivity contribution in [1.29, 1.82) is 0 Å². The summed E-state index contributed by atoms with van der Waals surface area (Å²) in [6, 6.07) is 0. The van der Waals surface area contributed by atoms with Gasteiger partial charge in [-0.05, 0) is 6.42 Å². The van der Waals surface area contributed by atoms with E-state index in [0.29, 0.717) is 6.42 Å². The average molecular weight is 278 g/mol. The molecule has 0 aromatic rings. The van der Waals surface area contributed by atoms with Gasteiger partial charge in [0.15, 0.2) is 0 Å². The first kappa shape index (κ1) is 16.8. The lowest BCUT2D eigenvalue weighted by atomic mass is 9.88. The first-order chi connectivity index (χ1) is 8.94. The predicted octanol–water partition coefficient (Wildman–Crippen LogP) is 3.99. The molecule has 1 rings (SSSR count). The van der Waals surface area contributed by atoms with Gasteiger partial charge in [-0.2, -0.15) is 0 Å². The van der Waals surface area contributed by atoms with Crippen LogP contribution in [-0.4, -0.2) is 28.9 Å². The molecule has 0 aromatic heterocycles. The molecule has 0 radical (unpaired) electrons. The molecule has 0 spiro atoms. The molecule has 0 aromatic carbocycles. The Morgan fingerprint density at radius 3 is 1.90 bits per heavy atom. The summed E-state index contributed by atoms with van der Waals surface area (Å²) in [5, 5.41) is 4.33. The molecule has 0 amide bonds. The number of rotatable bonds is 4. The Morgan fingerprint density at radius 2 is 1.45 bits per heavy atom. The lowest BCUT2D eigenvalue weighted by Gasteiger charge is -2.39. The minimum atomic E-state index is -0.311. The Morgan fingerprint density at radius 1 is 0.950 bits per heavy atom. The van der Waals surface area contributed by atoms with Gasteiger partial charge in [0.25, 0.3) is 0 Å². The van der Waals surface area contributed by atoms with E-state index < -0.39 is 0 Å². The van der Waals surface area contributed by atoms with Crippen LogP contribution in [0.25, 0.3) is 0 Å². The fourth-order valence-electron chi connectivity index (χ4n) is 2.15. The number of carbonyl (C=O) groups excluding carboxylic acids is 1. The van der Waals surface area contributed by atoms with E-state index in [0.717, 1.165) is 30.9 Å². The maximum absolute atomic E-state index is 12.2. The molecule has 20 heavy (non-hydrogen) atoms. The van der Waals surface area contributed by atoms with Crippen LogP contribution in [0, 0.1) is 10.8 Å². The molecule has 3 heteroatoms. The van der Waals surface area contributed by atoms with Crippen LogP contribution in [0.2, 0.25) is 0 Å². The highest BCUT2D eigenvalue weighted by Gasteiger charge is 2.31. The zero-order valence-corrected chi connectivity index (χ0v) is 14.0. The maximum Gasteiger partial charge on any atom is 0.144 e. The van der Waals surface area contributed by atoms with Crippen molar-refractivity contribution in [3.63, 3.8) is 0 Å². The zero-order chi connectivity index (χ0) is 15.7.